The third kappa shape index (κ3) is 12.5. The molecule has 4 aromatic rings. The number of piperidine rings is 1. The molecular formula is C45H53ClN6O10. The first-order chi connectivity index (χ1) is 30.0. The molecule has 4 aromatic carbocycles. The lowest BCUT2D eigenvalue weighted by Gasteiger charge is -2.31. The van der Waals surface area contributed by atoms with Crippen LogP contribution in [0.25, 0.3) is 11.1 Å². The molecule has 0 unspecified atom stereocenters. The van der Waals surface area contributed by atoms with Gasteiger partial charge in [0.15, 0.2) is 12.4 Å². The molecule has 2 aliphatic rings. The number of aliphatic hydroxyl groups excluding tert-OH is 1. The maximum atomic E-state index is 12.8. The van der Waals surface area contributed by atoms with Crippen molar-refractivity contribution in [2.75, 3.05) is 76.0 Å². The van der Waals surface area contributed by atoms with Crippen LogP contribution in [0.1, 0.15) is 49.3 Å². The maximum absolute atomic E-state index is 12.8. The molecule has 0 bridgehead atoms. The number of amides is 4. The highest BCUT2D eigenvalue weighted by Gasteiger charge is 2.26. The van der Waals surface area contributed by atoms with Gasteiger partial charge in [-0.1, -0.05) is 60.1 Å². The summed E-state index contributed by atoms with van der Waals surface area (Å²) in [5.74, 6) is -0.125. The van der Waals surface area contributed by atoms with Crippen LogP contribution >= 0.6 is 11.6 Å². The normalized spacial score (nSPS) is 14.4. The molecular weight excluding hydrogens is 820 g/mol. The van der Waals surface area contributed by atoms with E-state index >= 15 is 0 Å². The Kier molecular flexibility index (Phi) is 16.2. The molecule has 0 radical (unpaired) electrons. The van der Waals surface area contributed by atoms with Gasteiger partial charge in [0, 0.05) is 75.5 Å². The fraction of sp³-hybridized carbons (Fsp3) is 0.378. The van der Waals surface area contributed by atoms with Gasteiger partial charge in [0.2, 0.25) is 5.91 Å². The zero-order valence-corrected chi connectivity index (χ0v) is 35.5. The molecule has 6 N–H and O–H groups in total. The number of rotatable bonds is 18. The molecule has 1 saturated heterocycles. The lowest BCUT2D eigenvalue weighted by atomic mass is 10.0. The molecule has 17 heteroatoms. The first kappa shape index (κ1) is 45.5. The zero-order chi connectivity index (χ0) is 44.0. The molecule has 1 fully saturated rings. The van der Waals surface area contributed by atoms with E-state index in [1.165, 1.54) is 24.1 Å². The number of para-hydroxylation sites is 1. The summed E-state index contributed by atoms with van der Waals surface area (Å²) < 4.78 is 22.3. The average molecular weight is 873 g/mol. The quantitative estimate of drug-likeness (QED) is 0.0454. The Morgan fingerprint density at radius 2 is 1.76 bits per heavy atom. The number of halogens is 1. The van der Waals surface area contributed by atoms with Gasteiger partial charge in [0.05, 0.1) is 29.6 Å². The molecule has 6 rings (SSSR count). The summed E-state index contributed by atoms with van der Waals surface area (Å²) >= 11 is 6.54. The van der Waals surface area contributed by atoms with Crippen molar-refractivity contribution in [3.63, 3.8) is 0 Å². The number of hydrogen-bond donors (Lipinski definition) is 6. The Morgan fingerprint density at radius 1 is 1.00 bits per heavy atom. The van der Waals surface area contributed by atoms with Crippen molar-refractivity contribution < 1.29 is 48.3 Å². The van der Waals surface area contributed by atoms with Crippen molar-refractivity contribution in [1.82, 2.24) is 15.1 Å². The van der Waals surface area contributed by atoms with Crippen molar-refractivity contribution in [1.29, 1.82) is 0 Å². The zero-order valence-electron chi connectivity index (χ0n) is 34.8. The van der Waals surface area contributed by atoms with Crippen LogP contribution in [0.4, 0.5) is 26.7 Å². The third-order valence-electron chi connectivity index (χ3n) is 10.6. The molecule has 1 atom stereocenters. The smallest absolute Gasteiger partial charge is 0.411 e. The van der Waals surface area contributed by atoms with Crippen LogP contribution in [0.5, 0.6) is 17.2 Å². The minimum Gasteiger partial charge on any atom is -0.506 e. The maximum Gasteiger partial charge on any atom is 0.411 e. The number of hydrogen-bond acceptors (Lipinski definition) is 12. The molecule has 4 amide bonds. The SMILES string of the molecule is COc1cc(NC(=O)CCCCN(C)C(=O)OCCN2CCC(OC(=O)Nc3ccccc3-c3ccccc3)CC2)c(Cl)cc1CNC[C@H](O)c1ccc(O)c2c1OCC(=O)N2. The van der Waals surface area contributed by atoms with Crippen molar-refractivity contribution in [3.8, 4) is 28.4 Å². The van der Waals surface area contributed by atoms with Crippen LogP contribution in [0.3, 0.4) is 0 Å². The number of aromatic hydroxyl groups is 1. The van der Waals surface area contributed by atoms with Crippen LogP contribution in [0, 0.1) is 0 Å². The second kappa shape index (κ2) is 22.1. The van der Waals surface area contributed by atoms with Gasteiger partial charge >= 0.3 is 12.2 Å². The number of aliphatic hydroxyl groups is 1. The fourth-order valence-corrected chi connectivity index (χ4v) is 7.46. The number of ether oxygens (including phenoxy) is 4. The summed E-state index contributed by atoms with van der Waals surface area (Å²) in [6.07, 6.45) is 0.521. The number of nitrogens with one attached hydrogen (secondary N) is 4. The van der Waals surface area contributed by atoms with Crippen molar-refractivity contribution in [3.05, 3.63) is 95.0 Å². The standard InChI is InChI=1S/C45H53ClN6O10/c1-51(45(58)60-23-22-52-20-17-31(18-21-52)62-44(57)49-35-13-7-6-12-32(35)29-10-4-3-5-11-29)19-9-8-14-40(55)48-36-25-39(59-2)30(24-34(36)46)26-47-27-38(54)33-15-16-37(53)42-43(33)61-28-41(56)50-42/h3-7,10-13,15-16,24-25,31,38,47,53-54H,8-9,14,17-23,26-28H2,1-2H3,(H,48,55)(H,49,57)(H,50,56)/t38-/m0/s1. The number of anilines is 3. The van der Waals surface area contributed by atoms with Crippen LogP contribution in [0.2, 0.25) is 5.02 Å². The molecule has 16 nitrogen and oxygen atoms in total. The lowest BCUT2D eigenvalue weighted by molar-refractivity contribution is -0.119. The van der Waals surface area contributed by atoms with Gasteiger partial charge in [-0.15, -0.1) is 0 Å². The van der Waals surface area contributed by atoms with Gasteiger partial charge in [0.25, 0.3) is 5.91 Å². The van der Waals surface area contributed by atoms with E-state index in [4.69, 9.17) is 30.5 Å². The topological polar surface area (TPSA) is 200 Å². The highest BCUT2D eigenvalue weighted by atomic mass is 35.5. The van der Waals surface area contributed by atoms with E-state index in [9.17, 15) is 29.4 Å². The molecule has 0 spiro atoms. The number of phenolic OH excluding ortho intramolecular Hbond substituents is 1. The van der Waals surface area contributed by atoms with Crippen molar-refractivity contribution in [2.45, 2.75) is 50.9 Å². The van der Waals surface area contributed by atoms with Crippen molar-refractivity contribution in [2.24, 2.45) is 0 Å². The van der Waals surface area contributed by atoms with Gasteiger partial charge in [-0.05, 0) is 55.5 Å². The lowest BCUT2D eigenvalue weighted by Crippen LogP contribution is -2.40. The molecule has 0 aliphatic carbocycles. The first-order valence-corrected chi connectivity index (χ1v) is 20.9. The Bertz CT molecular complexity index is 2190. The summed E-state index contributed by atoms with van der Waals surface area (Å²) in [5, 5.41) is 32.7. The molecule has 2 aliphatic heterocycles. The second-order valence-corrected chi connectivity index (χ2v) is 15.4. The Labute approximate surface area is 365 Å². The number of phenols is 1. The molecule has 0 aromatic heterocycles. The van der Waals surface area contributed by atoms with E-state index in [1.807, 2.05) is 54.6 Å². The van der Waals surface area contributed by atoms with E-state index in [1.54, 1.807) is 19.2 Å². The van der Waals surface area contributed by atoms with Crippen LogP contribution in [0.15, 0.2) is 78.9 Å². The Morgan fingerprint density at radius 3 is 2.53 bits per heavy atom. The van der Waals surface area contributed by atoms with Gasteiger partial charge in [-0.2, -0.15) is 0 Å². The minimum absolute atomic E-state index is 0.104. The van der Waals surface area contributed by atoms with Gasteiger partial charge < -0.3 is 50.0 Å². The van der Waals surface area contributed by atoms with Gasteiger partial charge in [0.1, 0.15) is 29.9 Å². The predicted molar refractivity (Wildman–Crippen MR) is 235 cm³/mol. The number of nitrogens with zero attached hydrogens (tertiary/aromatic N) is 2. The summed E-state index contributed by atoms with van der Waals surface area (Å²) in [6, 6.07) is 23.7. The Balaban J connectivity index is 0.838. The monoisotopic (exact) mass is 872 g/mol. The van der Waals surface area contributed by atoms with Gasteiger partial charge in [-0.25, -0.2) is 9.59 Å². The van der Waals surface area contributed by atoms with E-state index in [2.05, 4.69) is 26.2 Å². The number of unbranched alkanes of at least 4 members (excludes halogenated alkanes) is 1. The highest BCUT2D eigenvalue weighted by Crippen LogP contribution is 2.41. The summed E-state index contributed by atoms with van der Waals surface area (Å²) in [4.78, 5) is 53.6. The van der Waals surface area contributed by atoms with Crippen LogP contribution in [-0.2, 0) is 25.6 Å². The summed E-state index contributed by atoms with van der Waals surface area (Å²) in [5.41, 5.74) is 4.20. The van der Waals surface area contributed by atoms with E-state index in [0.717, 1.165) is 11.1 Å². The largest absolute Gasteiger partial charge is 0.506 e. The van der Waals surface area contributed by atoms with E-state index in [0.29, 0.717) is 85.1 Å². The number of fused-ring (bicyclic) bond motifs is 1. The second-order valence-electron chi connectivity index (χ2n) is 15.0. The minimum atomic E-state index is -1.02. The van der Waals surface area contributed by atoms with E-state index < -0.39 is 24.2 Å². The molecule has 330 valence electrons. The number of likely N-dealkylation sites (tertiary alicyclic amines) is 1. The molecule has 2 heterocycles. The predicted octanol–water partition coefficient (Wildman–Crippen LogP) is 6.77. The number of carbonyl (C=O) groups is 4. The molecule has 62 heavy (non-hydrogen) atoms. The van der Waals surface area contributed by atoms with Crippen LogP contribution in [-0.4, -0.2) is 110 Å². The first-order valence-electron chi connectivity index (χ1n) is 20.5. The van der Waals surface area contributed by atoms with E-state index in [-0.39, 0.29) is 61.9 Å². The number of benzene rings is 4. The number of methoxy groups -OCH3 is 1. The van der Waals surface area contributed by atoms with Crippen LogP contribution < -0.4 is 30.7 Å². The Hall–Kier alpha value is -6.07. The molecule has 0 saturated carbocycles. The summed E-state index contributed by atoms with van der Waals surface area (Å²) in [7, 11) is 3.16. The van der Waals surface area contributed by atoms with Crippen molar-refractivity contribution >= 4 is 52.7 Å². The fourth-order valence-electron chi connectivity index (χ4n) is 7.23. The third-order valence-corrected chi connectivity index (χ3v) is 10.9. The van der Waals surface area contributed by atoms with Gasteiger partial charge in [-0.3, -0.25) is 19.8 Å². The number of carbonyl (C=O) groups excluding carboxylic acids is 4. The summed E-state index contributed by atoms with van der Waals surface area (Å²) in [6.45, 7) is 2.78. The highest BCUT2D eigenvalue weighted by molar-refractivity contribution is 6.33. The average Bonchev–Trinajstić information content (AvgIpc) is 3.27.